The summed E-state index contributed by atoms with van der Waals surface area (Å²) in [7, 11) is 1.38. The van der Waals surface area contributed by atoms with E-state index >= 15 is 0 Å². The first-order valence-corrected chi connectivity index (χ1v) is 11.8. The number of nitrogens with one attached hydrogen (secondary N) is 1. The summed E-state index contributed by atoms with van der Waals surface area (Å²) in [6.45, 7) is 2.72. The van der Waals surface area contributed by atoms with E-state index < -0.39 is 11.6 Å². The number of benzene rings is 1. The van der Waals surface area contributed by atoms with Crippen molar-refractivity contribution in [3.05, 3.63) is 34.9 Å². The summed E-state index contributed by atoms with van der Waals surface area (Å²) < 4.78 is 5.05. The van der Waals surface area contributed by atoms with Crippen LogP contribution in [-0.2, 0) is 14.3 Å². The SMILES string of the molecule is COC(=O)C(c1ccccc1Cl)N1CCN(CN2C(=O)NC3(CCCCCC3)C2=O)CC1. The van der Waals surface area contributed by atoms with Gasteiger partial charge in [-0.3, -0.25) is 14.6 Å². The lowest BCUT2D eigenvalue weighted by Gasteiger charge is -2.39. The number of nitrogens with zero attached hydrogens (tertiary/aromatic N) is 3. The summed E-state index contributed by atoms with van der Waals surface area (Å²) in [4.78, 5) is 43.9. The van der Waals surface area contributed by atoms with Crippen molar-refractivity contribution in [3.63, 3.8) is 0 Å². The summed E-state index contributed by atoms with van der Waals surface area (Å²) in [5, 5.41) is 3.53. The van der Waals surface area contributed by atoms with E-state index in [-0.39, 0.29) is 24.6 Å². The standard InChI is InChI=1S/C23H31ClN4O4/c1-32-20(29)19(17-8-4-5-9-18(17)24)27-14-12-26(13-15-27)16-28-21(30)23(25-22(28)31)10-6-2-3-7-11-23/h4-5,8-9,19H,2-3,6-7,10-16H2,1H3,(H,25,31). The molecule has 0 radical (unpaired) electrons. The molecule has 9 heteroatoms. The molecule has 1 atom stereocenters. The van der Waals surface area contributed by atoms with Gasteiger partial charge in [-0.15, -0.1) is 0 Å². The molecule has 174 valence electrons. The average molecular weight is 463 g/mol. The summed E-state index contributed by atoms with van der Waals surface area (Å²) in [5.74, 6) is -0.439. The summed E-state index contributed by atoms with van der Waals surface area (Å²) in [6, 6.07) is 6.43. The van der Waals surface area contributed by atoms with Crippen molar-refractivity contribution in [2.45, 2.75) is 50.1 Å². The molecule has 1 aliphatic carbocycles. The minimum absolute atomic E-state index is 0.0877. The average Bonchev–Trinajstić information content (AvgIpc) is 2.95. The Balaban J connectivity index is 1.40. The molecule has 2 heterocycles. The lowest BCUT2D eigenvalue weighted by molar-refractivity contribution is -0.148. The molecule has 0 bridgehead atoms. The lowest BCUT2D eigenvalue weighted by atomic mass is 9.90. The van der Waals surface area contributed by atoms with E-state index in [1.165, 1.54) is 12.0 Å². The number of esters is 1. The quantitative estimate of drug-likeness (QED) is 0.535. The number of rotatable bonds is 5. The maximum Gasteiger partial charge on any atom is 0.327 e. The Bertz CT molecular complexity index is 863. The van der Waals surface area contributed by atoms with E-state index in [4.69, 9.17) is 16.3 Å². The van der Waals surface area contributed by atoms with Gasteiger partial charge in [-0.05, 0) is 24.5 Å². The molecule has 4 rings (SSSR count). The number of imide groups is 1. The monoisotopic (exact) mass is 462 g/mol. The van der Waals surface area contributed by atoms with Crippen LogP contribution in [0.25, 0.3) is 0 Å². The summed E-state index contributed by atoms with van der Waals surface area (Å²) in [5.41, 5.74) is 0.00832. The molecule has 2 saturated heterocycles. The molecule has 1 aromatic carbocycles. The number of hydrogen-bond donors (Lipinski definition) is 1. The van der Waals surface area contributed by atoms with Crippen LogP contribution < -0.4 is 5.32 Å². The van der Waals surface area contributed by atoms with Gasteiger partial charge in [0.25, 0.3) is 5.91 Å². The predicted molar refractivity (Wildman–Crippen MR) is 120 cm³/mol. The van der Waals surface area contributed by atoms with E-state index in [9.17, 15) is 14.4 Å². The first kappa shape index (κ1) is 23.0. The highest BCUT2D eigenvalue weighted by molar-refractivity contribution is 6.31. The third kappa shape index (κ3) is 4.49. The molecule has 1 saturated carbocycles. The van der Waals surface area contributed by atoms with Crippen LogP contribution in [0.1, 0.15) is 50.1 Å². The number of ether oxygens (including phenoxy) is 1. The van der Waals surface area contributed by atoms with E-state index in [2.05, 4.69) is 10.2 Å². The summed E-state index contributed by atoms with van der Waals surface area (Å²) in [6.07, 6.45) is 5.60. The molecule has 8 nitrogen and oxygen atoms in total. The van der Waals surface area contributed by atoms with E-state index in [0.717, 1.165) is 44.1 Å². The van der Waals surface area contributed by atoms with Crippen LogP contribution >= 0.6 is 11.6 Å². The molecule has 3 fully saturated rings. The van der Waals surface area contributed by atoms with Crippen molar-refractivity contribution >= 4 is 29.5 Å². The van der Waals surface area contributed by atoms with Crippen molar-refractivity contribution in [2.24, 2.45) is 0 Å². The minimum atomic E-state index is -0.713. The van der Waals surface area contributed by atoms with Gasteiger partial charge in [0.1, 0.15) is 11.6 Å². The van der Waals surface area contributed by atoms with Crippen molar-refractivity contribution in [1.82, 2.24) is 20.0 Å². The number of methoxy groups -OCH3 is 1. The van der Waals surface area contributed by atoms with Gasteiger partial charge in [-0.25, -0.2) is 14.5 Å². The molecule has 1 N–H and O–H groups in total. The van der Waals surface area contributed by atoms with Gasteiger partial charge >= 0.3 is 12.0 Å². The van der Waals surface area contributed by atoms with Crippen molar-refractivity contribution < 1.29 is 19.1 Å². The minimum Gasteiger partial charge on any atom is -0.468 e. The number of amides is 3. The van der Waals surface area contributed by atoms with Crippen LogP contribution in [0.3, 0.4) is 0 Å². The van der Waals surface area contributed by atoms with Crippen LogP contribution in [0.4, 0.5) is 4.79 Å². The first-order valence-electron chi connectivity index (χ1n) is 11.4. The van der Waals surface area contributed by atoms with Gasteiger partial charge in [0, 0.05) is 31.2 Å². The summed E-state index contributed by atoms with van der Waals surface area (Å²) >= 11 is 6.36. The highest BCUT2D eigenvalue weighted by Crippen LogP contribution is 2.33. The second-order valence-electron chi connectivity index (χ2n) is 8.90. The Labute approximate surface area is 193 Å². The Hall–Kier alpha value is -2.16. The molecule has 3 aliphatic rings. The zero-order valence-corrected chi connectivity index (χ0v) is 19.3. The number of hydrogen-bond acceptors (Lipinski definition) is 6. The predicted octanol–water partition coefficient (Wildman–Crippen LogP) is 2.77. The second kappa shape index (κ2) is 9.77. The van der Waals surface area contributed by atoms with Crippen LogP contribution in [0.15, 0.2) is 24.3 Å². The molecule has 1 aromatic rings. The maximum absolute atomic E-state index is 13.2. The zero-order valence-electron chi connectivity index (χ0n) is 18.5. The second-order valence-corrected chi connectivity index (χ2v) is 9.31. The van der Waals surface area contributed by atoms with E-state index in [1.807, 2.05) is 23.1 Å². The van der Waals surface area contributed by atoms with Gasteiger partial charge in [-0.2, -0.15) is 0 Å². The topological polar surface area (TPSA) is 82.2 Å². The van der Waals surface area contributed by atoms with Crippen molar-refractivity contribution in [3.8, 4) is 0 Å². The van der Waals surface area contributed by atoms with Gasteiger partial charge < -0.3 is 10.1 Å². The van der Waals surface area contributed by atoms with Crippen LogP contribution in [0.5, 0.6) is 0 Å². The number of halogens is 1. The Morgan fingerprint density at radius 1 is 1.09 bits per heavy atom. The Morgan fingerprint density at radius 2 is 1.75 bits per heavy atom. The molecule has 2 aliphatic heterocycles. The van der Waals surface area contributed by atoms with Crippen molar-refractivity contribution in [1.29, 1.82) is 0 Å². The van der Waals surface area contributed by atoms with E-state index in [0.29, 0.717) is 31.2 Å². The van der Waals surface area contributed by atoms with Gasteiger partial charge in [-0.1, -0.05) is 55.5 Å². The smallest absolute Gasteiger partial charge is 0.327 e. The zero-order chi connectivity index (χ0) is 22.7. The van der Waals surface area contributed by atoms with Crippen LogP contribution in [-0.4, -0.2) is 78.1 Å². The highest BCUT2D eigenvalue weighted by Gasteiger charge is 2.51. The van der Waals surface area contributed by atoms with Gasteiger partial charge in [0.2, 0.25) is 0 Å². The first-order chi connectivity index (χ1) is 15.4. The highest BCUT2D eigenvalue weighted by atomic mass is 35.5. The van der Waals surface area contributed by atoms with Crippen molar-refractivity contribution in [2.75, 3.05) is 40.0 Å². The maximum atomic E-state index is 13.2. The molecule has 32 heavy (non-hydrogen) atoms. The molecular formula is C23H31ClN4O4. The van der Waals surface area contributed by atoms with Crippen LogP contribution in [0.2, 0.25) is 5.02 Å². The number of piperazine rings is 1. The molecule has 0 aromatic heterocycles. The fourth-order valence-electron chi connectivity index (χ4n) is 5.12. The third-order valence-corrected chi connectivity index (χ3v) is 7.28. The van der Waals surface area contributed by atoms with Crippen LogP contribution in [0, 0.1) is 0 Å². The van der Waals surface area contributed by atoms with E-state index in [1.54, 1.807) is 6.07 Å². The fraction of sp³-hybridized carbons (Fsp3) is 0.609. The van der Waals surface area contributed by atoms with Gasteiger partial charge in [0.15, 0.2) is 0 Å². The molecule has 3 amide bonds. The Morgan fingerprint density at radius 3 is 2.38 bits per heavy atom. The normalized spacial score (nSPS) is 23.1. The molecular weight excluding hydrogens is 432 g/mol. The van der Waals surface area contributed by atoms with Gasteiger partial charge in [0.05, 0.1) is 13.8 Å². The lowest BCUT2D eigenvalue weighted by Crippen LogP contribution is -2.53. The fourth-order valence-corrected chi connectivity index (χ4v) is 5.36. The molecule has 1 unspecified atom stereocenters. The number of carbonyl (C=O) groups is 3. The number of urea groups is 1. The molecule has 1 spiro atoms. The number of carbonyl (C=O) groups excluding carboxylic acids is 3. The third-order valence-electron chi connectivity index (χ3n) is 6.94. The Kier molecular flexibility index (Phi) is 7.02. The largest absolute Gasteiger partial charge is 0.468 e.